The maximum absolute atomic E-state index is 5.80. The molecule has 3 atom stereocenters. The molecule has 1 heterocycles. The summed E-state index contributed by atoms with van der Waals surface area (Å²) in [5.41, 5.74) is 5.89. The predicted octanol–water partition coefficient (Wildman–Crippen LogP) is 7.45. The zero-order chi connectivity index (χ0) is 23.3. The van der Waals surface area contributed by atoms with Crippen LogP contribution in [0.4, 0.5) is 11.4 Å². The van der Waals surface area contributed by atoms with Gasteiger partial charge in [0.2, 0.25) is 0 Å². The molecule has 4 heteroatoms. The van der Waals surface area contributed by atoms with Crippen LogP contribution in [0.2, 0.25) is 0 Å². The molecule has 1 aliphatic heterocycles. The van der Waals surface area contributed by atoms with Crippen molar-refractivity contribution in [2.75, 3.05) is 18.5 Å². The molecule has 0 bridgehead atoms. The molecular weight excluding hydrogens is 420 g/mol. The van der Waals surface area contributed by atoms with E-state index in [0.29, 0.717) is 31.1 Å². The zero-order valence-electron chi connectivity index (χ0n) is 19.9. The van der Waals surface area contributed by atoms with Crippen LogP contribution < -0.4 is 14.8 Å². The number of aliphatic imine (C=N–C) groups is 1. The molecule has 3 aromatic rings. The van der Waals surface area contributed by atoms with Crippen molar-refractivity contribution >= 4 is 17.6 Å². The molecule has 174 valence electrons. The van der Waals surface area contributed by atoms with Crippen molar-refractivity contribution in [2.24, 2.45) is 10.9 Å². The van der Waals surface area contributed by atoms with E-state index in [1.54, 1.807) is 0 Å². The van der Waals surface area contributed by atoms with E-state index in [1.165, 1.54) is 16.8 Å². The van der Waals surface area contributed by atoms with Gasteiger partial charge in [-0.25, -0.2) is 0 Å². The Morgan fingerprint density at radius 1 is 0.971 bits per heavy atom. The van der Waals surface area contributed by atoms with E-state index in [-0.39, 0.29) is 0 Å². The van der Waals surface area contributed by atoms with E-state index in [1.807, 2.05) is 31.3 Å². The number of fused-ring (bicyclic) bond motifs is 3. The zero-order valence-corrected chi connectivity index (χ0v) is 19.9. The third kappa shape index (κ3) is 4.58. The summed E-state index contributed by atoms with van der Waals surface area (Å²) in [4.78, 5) is 4.70. The van der Waals surface area contributed by atoms with E-state index in [2.05, 4.69) is 72.9 Å². The first-order chi connectivity index (χ1) is 16.8. The number of hydrogen-bond donors (Lipinski definition) is 1. The molecule has 1 aliphatic carbocycles. The van der Waals surface area contributed by atoms with Gasteiger partial charge >= 0.3 is 0 Å². The van der Waals surface area contributed by atoms with Crippen molar-refractivity contribution in [3.05, 3.63) is 95.6 Å². The lowest BCUT2D eigenvalue weighted by Crippen LogP contribution is -2.28. The van der Waals surface area contributed by atoms with Gasteiger partial charge < -0.3 is 14.8 Å². The fourth-order valence-electron chi connectivity index (χ4n) is 4.99. The van der Waals surface area contributed by atoms with Gasteiger partial charge in [0.1, 0.15) is 0 Å². The third-order valence-corrected chi connectivity index (χ3v) is 6.62. The second-order valence-corrected chi connectivity index (χ2v) is 8.90. The highest BCUT2D eigenvalue weighted by atomic mass is 16.5. The van der Waals surface area contributed by atoms with Crippen molar-refractivity contribution < 1.29 is 9.47 Å². The number of benzene rings is 3. The minimum atomic E-state index is 0.303. The number of rotatable bonds is 8. The largest absolute Gasteiger partial charge is 0.490 e. The second kappa shape index (κ2) is 10.2. The minimum Gasteiger partial charge on any atom is -0.490 e. The molecule has 0 saturated carbocycles. The number of allylic oxidation sites excluding steroid dienone is 2. The van der Waals surface area contributed by atoms with Crippen LogP contribution in [0.3, 0.4) is 0 Å². The van der Waals surface area contributed by atoms with Gasteiger partial charge in [-0.05, 0) is 78.8 Å². The summed E-state index contributed by atoms with van der Waals surface area (Å²) < 4.78 is 11.6. The second-order valence-electron chi connectivity index (χ2n) is 8.90. The predicted molar refractivity (Wildman–Crippen MR) is 140 cm³/mol. The van der Waals surface area contributed by atoms with Gasteiger partial charge in [0.05, 0.1) is 24.9 Å². The number of nitrogens with zero attached hydrogens (tertiary/aromatic N) is 1. The van der Waals surface area contributed by atoms with Crippen LogP contribution in [0.5, 0.6) is 11.5 Å². The van der Waals surface area contributed by atoms with E-state index >= 15 is 0 Å². The van der Waals surface area contributed by atoms with E-state index in [0.717, 1.165) is 35.6 Å². The van der Waals surface area contributed by atoms with Gasteiger partial charge in [-0.3, -0.25) is 4.99 Å². The molecule has 0 saturated heterocycles. The summed E-state index contributed by atoms with van der Waals surface area (Å²) in [5, 5.41) is 3.80. The van der Waals surface area contributed by atoms with E-state index < -0.39 is 0 Å². The summed E-state index contributed by atoms with van der Waals surface area (Å²) >= 11 is 0. The fourth-order valence-corrected chi connectivity index (χ4v) is 4.99. The van der Waals surface area contributed by atoms with Crippen LogP contribution in [0.15, 0.2) is 83.9 Å². The molecule has 0 radical (unpaired) electrons. The Labute approximate surface area is 202 Å². The highest BCUT2D eigenvalue weighted by Gasteiger charge is 2.37. The summed E-state index contributed by atoms with van der Waals surface area (Å²) in [6.07, 6.45) is 8.67. The van der Waals surface area contributed by atoms with Crippen LogP contribution in [0.25, 0.3) is 0 Å². The molecule has 34 heavy (non-hydrogen) atoms. The van der Waals surface area contributed by atoms with Gasteiger partial charge in [0, 0.05) is 17.8 Å². The number of para-hydroxylation sites is 1. The standard InChI is InChI=1S/C30H32N2O2/c1-3-18-34-28-17-12-21(19-29(28)33-4-2)20-31-23-15-13-22(14-16-23)30-26-10-7-9-24(26)25-8-5-6-11-27(25)32-30/h5-9,11-17,19-20,24,26,30,32H,3-4,10,18H2,1-2H3/t24-,26-,30-/m0/s1. The Bertz CT molecular complexity index is 1180. The van der Waals surface area contributed by atoms with E-state index in [4.69, 9.17) is 14.5 Å². The van der Waals surface area contributed by atoms with Crippen molar-refractivity contribution in [3.63, 3.8) is 0 Å². The Morgan fingerprint density at radius 2 is 1.82 bits per heavy atom. The molecular formula is C30H32N2O2. The highest BCUT2D eigenvalue weighted by molar-refractivity contribution is 5.83. The Kier molecular flexibility index (Phi) is 6.66. The maximum Gasteiger partial charge on any atom is 0.161 e. The number of hydrogen-bond acceptors (Lipinski definition) is 4. The normalized spacial score (nSPS) is 20.6. The molecule has 5 rings (SSSR count). The first-order valence-corrected chi connectivity index (χ1v) is 12.3. The van der Waals surface area contributed by atoms with Gasteiger partial charge in [-0.15, -0.1) is 0 Å². The molecule has 0 fully saturated rings. The molecule has 0 amide bonds. The van der Waals surface area contributed by atoms with Crippen LogP contribution >= 0.6 is 0 Å². The molecule has 1 N–H and O–H groups in total. The van der Waals surface area contributed by atoms with Crippen LogP contribution in [-0.4, -0.2) is 19.4 Å². The van der Waals surface area contributed by atoms with Crippen LogP contribution in [0.1, 0.15) is 55.3 Å². The van der Waals surface area contributed by atoms with Crippen molar-refractivity contribution in [1.29, 1.82) is 0 Å². The lowest BCUT2D eigenvalue weighted by atomic mass is 9.77. The van der Waals surface area contributed by atoms with Gasteiger partial charge in [-0.2, -0.15) is 0 Å². The quantitative estimate of drug-likeness (QED) is 0.285. The summed E-state index contributed by atoms with van der Waals surface area (Å²) in [6.45, 7) is 5.36. The number of nitrogens with one attached hydrogen (secondary N) is 1. The molecule has 0 unspecified atom stereocenters. The molecule has 4 nitrogen and oxygen atoms in total. The topological polar surface area (TPSA) is 42.8 Å². The Morgan fingerprint density at radius 3 is 2.65 bits per heavy atom. The maximum atomic E-state index is 5.80. The summed E-state index contributed by atoms with van der Waals surface area (Å²) in [6, 6.07) is 23.6. The van der Waals surface area contributed by atoms with Crippen molar-refractivity contribution in [3.8, 4) is 11.5 Å². The van der Waals surface area contributed by atoms with Gasteiger partial charge in [0.25, 0.3) is 0 Å². The Balaban J connectivity index is 1.32. The fraction of sp³-hybridized carbons (Fsp3) is 0.300. The average Bonchev–Trinajstić information content (AvgIpc) is 3.37. The molecule has 2 aliphatic rings. The van der Waals surface area contributed by atoms with E-state index in [9.17, 15) is 0 Å². The van der Waals surface area contributed by atoms with Crippen LogP contribution in [0, 0.1) is 5.92 Å². The minimum absolute atomic E-state index is 0.303. The number of ether oxygens (including phenoxy) is 2. The lowest BCUT2D eigenvalue weighted by Gasteiger charge is -2.37. The third-order valence-electron chi connectivity index (χ3n) is 6.62. The number of anilines is 1. The molecule has 0 aromatic heterocycles. The monoisotopic (exact) mass is 452 g/mol. The summed E-state index contributed by atoms with van der Waals surface area (Å²) in [7, 11) is 0. The lowest BCUT2D eigenvalue weighted by molar-refractivity contribution is 0.277. The van der Waals surface area contributed by atoms with Gasteiger partial charge in [-0.1, -0.05) is 49.4 Å². The van der Waals surface area contributed by atoms with Crippen molar-refractivity contribution in [1.82, 2.24) is 0 Å². The molecule has 0 spiro atoms. The van der Waals surface area contributed by atoms with Crippen molar-refractivity contribution in [2.45, 2.75) is 38.6 Å². The average molecular weight is 453 g/mol. The Hall–Kier alpha value is -3.53. The summed E-state index contributed by atoms with van der Waals surface area (Å²) in [5.74, 6) is 2.59. The highest BCUT2D eigenvalue weighted by Crippen LogP contribution is 2.49. The van der Waals surface area contributed by atoms with Gasteiger partial charge in [0.15, 0.2) is 11.5 Å². The van der Waals surface area contributed by atoms with Crippen LogP contribution in [-0.2, 0) is 0 Å². The molecule has 3 aromatic carbocycles. The SMILES string of the molecule is CCCOc1ccc(C=Nc2ccc([C@@H]3Nc4ccccc4[C@@H]4C=CC[C@@H]43)cc2)cc1OCC. The first-order valence-electron chi connectivity index (χ1n) is 12.3. The smallest absolute Gasteiger partial charge is 0.161 e. The first kappa shape index (κ1) is 22.3.